The lowest BCUT2D eigenvalue weighted by Crippen LogP contribution is -1.93. The van der Waals surface area contributed by atoms with Crippen molar-refractivity contribution in [2.24, 2.45) is 0 Å². The lowest BCUT2D eigenvalue weighted by atomic mass is 10.1. The van der Waals surface area contributed by atoms with Gasteiger partial charge < -0.3 is 5.11 Å². The van der Waals surface area contributed by atoms with Gasteiger partial charge in [-0.15, -0.1) is 0 Å². The number of allylic oxidation sites excluding steroid dienone is 1. The number of nitrogens with zero attached hydrogens (tertiary/aromatic N) is 1. The van der Waals surface area contributed by atoms with Gasteiger partial charge >= 0.3 is 0 Å². The standard InChI is InChI=1S/C15H15NO/c17-14-8-5-11(10-14)9-13-7-6-12-3-1-2-4-15(12)16-13/h1-4,6-7,10,14,17H,5,8-9H2. The van der Waals surface area contributed by atoms with E-state index in [2.05, 4.69) is 23.2 Å². The molecule has 0 spiro atoms. The predicted molar refractivity (Wildman–Crippen MR) is 68.8 cm³/mol. The largest absolute Gasteiger partial charge is 0.389 e. The van der Waals surface area contributed by atoms with Crippen LogP contribution in [0.3, 0.4) is 0 Å². The van der Waals surface area contributed by atoms with Crippen LogP contribution in [0.5, 0.6) is 0 Å². The molecule has 1 aromatic heterocycles. The van der Waals surface area contributed by atoms with Crippen LogP contribution in [0.25, 0.3) is 10.9 Å². The van der Waals surface area contributed by atoms with E-state index in [1.165, 1.54) is 11.0 Å². The van der Waals surface area contributed by atoms with Gasteiger partial charge in [0.1, 0.15) is 0 Å². The van der Waals surface area contributed by atoms with Crippen LogP contribution in [-0.2, 0) is 6.42 Å². The third kappa shape index (κ3) is 2.22. The van der Waals surface area contributed by atoms with Crippen LogP contribution in [0.2, 0.25) is 0 Å². The summed E-state index contributed by atoms with van der Waals surface area (Å²) in [5.41, 5.74) is 3.44. The Morgan fingerprint density at radius 1 is 1.18 bits per heavy atom. The lowest BCUT2D eigenvalue weighted by Gasteiger charge is -2.03. The second kappa shape index (κ2) is 4.30. The van der Waals surface area contributed by atoms with Crippen LogP contribution in [-0.4, -0.2) is 16.2 Å². The van der Waals surface area contributed by atoms with Crippen LogP contribution in [0, 0.1) is 0 Å². The average molecular weight is 225 g/mol. The molecule has 1 N–H and O–H groups in total. The maximum atomic E-state index is 9.45. The monoisotopic (exact) mass is 225 g/mol. The van der Waals surface area contributed by atoms with Gasteiger partial charge in [-0.2, -0.15) is 0 Å². The summed E-state index contributed by atoms with van der Waals surface area (Å²) >= 11 is 0. The van der Waals surface area contributed by atoms with E-state index in [0.29, 0.717) is 0 Å². The molecular weight excluding hydrogens is 210 g/mol. The molecule has 3 rings (SSSR count). The number of aromatic nitrogens is 1. The molecule has 0 bridgehead atoms. The second-order valence-corrected chi connectivity index (χ2v) is 4.60. The van der Waals surface area contributed by atoms with E-state index < -0.39 is 0 Å². The first-order valence-electron chi connectivity index (χ1n) is 6.03. The van der Waals surface area contributed by atoms with Gasteiger partial charge in [-0.05, 0) is 25.0 Å². The molecule has 2 nitrogen and oxygen atoms in total. The van der Waals surface area contributed by atoms with Crippen molar-refractivity contribution >= 4 is 10.9 Å². The Morgan fingerprint density at radius 3 is 2.88 bits per heavy atom. The Hall–Kier alpha value is -1.67. The summed E-state index contributed by atoms with van der Waals surface area (Å²) in [5, 5.41) is 10.6. The van der Waals surface area contributed by atoms with E-state index in [-0.39, 0.29) is 6.10 Å². The number of hydrogen-bond donors (Lipinski definition) is 1. The summed E-state index contributed by atoms with van der Waals surface area (Å²) < 4.78 is 0. The first-order valence-corrected chi connectivity index (χ1v) is 6.03. The molecular formula is C15H15NO. The van der Waals surface area contributed by atoms with Crippen molar-refractivity contribution in [3.05, 3.63) is 53.7 Å². The highest BCUT2D eigenvalue weighted by Gasteiger charge is 2.13. The molecule has 1 aromatic carbocycles. The summed E-state index contributed by atoms with van der Waals surface area (Å²) in [7, 11) is 0. The molecule has 86 valence electrons. The summed E-state index contributed by atoms with van der Waals surface area (Å²) in [6, 6.07) is 12.3. The zero-order valence-corrected chi connectivity index (χ0v) is 9.63. The fourth-order valence-corrected chi connectivity index (χ4v) is 2.36. The zero-order chi connectivity index (χ0) is 11.7. The van der Waals surface area contributed by atoms with Gasteiger partial charge in [-0.3, -0.25) is 4.98 Å². The van der Waals surface area contributed by atoms with Gasteiger partial charge in [-0.1, -0.05) is 35.9 Å². The van der Waals surface area contributed by atoms with Crippen molar-refractivity contribution in [2.45, 2.75) is 25.4 Å². The quantitative estimate of drug-likeness (QED) is 0.797. The van der Waals surface area contributed by atoms with Crippen molar-refractivity contribution in [1.82, 2.24) is 4.98 Å². The number of para-hydroxylation sites is 1. The molecule has 0 fully saturated rings. The molecule has 0 saturated heterocycles. The highest BCUT2D eigenvalue weighted by molar-refractivity contribution is 5.78. The Bertz CT molecular complexity index is 574. The van der Waals surface area contributed by atoms with E-state index >= 15 is 0 Å². The molecule has 1 aliphatic carbocycles. The molecule has 1 unspecified atom stereocenters. The van der Waals surface area contributed by atoms with E-state index in [4.69, 9.17) is 0 Å². The highest BCUT2D eigenvalue weighted by atomic mass is 16.3. The number of aliphatic hydroxyl groups excluding tert-OH is 1. The van der Waals surface area contributed by atoms with Crippen molar-refractivity contribution in [3.63, 3.8) is 0 Å². The number of benzene rings is 1. The van der Waals surface area contributed by atoms with Crippen LogP contribution in [0.4, 0.5) is 0 Å². The lowest BCUT2D eigenvalue weighted by molar-refractivity contribution is 0.223. The van der Waals surface area contributed by atoms with Crippen LogP contribution >= 0.6 is 0 Å². The zero-order valence-electron chi connectivity index (χ0n) is 9.63. The minimum Gasteiger partial charge on any atom is -0.389 e. The topological polar surface area (TPSA) is 33.1 Å². The smallest absolute Gasteiger partial charge is 0.0726 e. The third-order valence-corrected chi connectivity index (χ3v) is 3.25. The Labute approximate surface area is 101 Å². The third-order valence-electron chi connectivity index (χ3n) is 3.25. The summed E-state index contributed by atoms with van der Waals surface area (Å²) in [6.45, 7) is 0. The molecule has 1 atom stereocenters. The van der Waals surface area contributed by atoms with Crippen LogP contribution in [0.15, 0.2) is 48.0 Å². The van der Waals surface area contributed by atoms with Crippen LogP contribution in [0.1, 0.15) is 18.5 Å². The van der Waals surface area contributed by atoms with Gasteiger partial charge in [0.25, 0.3) is 0 Å². The van der Waals surface area contributed by atoms with Gasteiger partial charge in [-0.25, -0.2) is 0 Å². The Morgan fingerprint density at radius 2 is 2.06 bits per heavy atom. The van der Waals surface area contributed by atoms with Gasteiger partial charge in [0.15, 0.2) is 0 Å². The molecule has 2 aromatic rings. The molecule has 0 aliphatic heterocycles. The number of rotatable bonds is 2. The summed E-state index contributed by atoms with van der Waals surface area (Å²) in [4.78, 5) is 4.64. The average Bonchev–Trinajstić information content (AvgIpc) is 2.75. The molecule has 0 radical (unpaired) electrons. The molecule has 1 heterocycles. The van der Waals surface area contributed by atoms with Crippen molar-refractivity contribution in [2.75, 3.05) is 0 Å². The van der Waals surface area contributed by atoms with E-state index in [1.54, 1.807) is 0 Å². The van der Waals surface area contributed by atoms with Crippen molar-refractivity contribution in [3.8, 4) is 0 Å². The maximum Gasteiger partial charge on any atom is 0.0726 e. The Balaban J connectivity index is 1.88. The van der Waals surface area contributed by atoms with Gasteiger partial charge in [0.05, 0.1) is 11.6 Å². The van der Waals surface area contributed by atoms with E-state index in [0.717, 1.165) is 30.5 Å². The molecule has 2 heteroatoms. The summed E-state index contributed by atoms with van der Waals surface area (Å²) in [6.07, 6.45) is 4.45. The van der Waals surface area contributed by atoms with E-state index in [9.17, 15) is 5.11 Å². The van der Waals surface area contributed by atoms with Crippen molar-refractivity contribution < 1.29 is 5.11 Å². The normalized spacial score (nSPS) is 19.6. The number of pyridine rings is 1. The number of fused-ring (bicyclic) bond motifs is 1. The SMILES string of the molecule is OC1C=C(Cc2ccc3ccccc3n2)CC1. The first kappa shape index (κ1) is 10.5. The number of hydrogen-bond acceptors (Lipinski definition) is 2. The highest BCUT2D eigenvalue weighted by Crippen LogP contribution is 2.22. The molecule has 1 aliphatic rings. The Kier molecular flexibility index (Phi) is 2.65. The fraction of sp³-hybridized carbons (Fsp3) is 0.267. The van der Waals surface area contributed by atoms with E-state index in [1.807, 2.05) is 24.3 Å². The van der Waals surface area contributed by atoms with Gasteiger partial charge in [0.2, 0.25) is 0 Å². The summed E-state index contributed by atoms with van der Waals surface area (Å²) in [5.74, 6) is 0. The molecule has 0 amide bonds. The first-order chi connectivity index (χ1) is 8.31. The van der Waals surface area contributed by atoms with Crippen LogP contribution < -0.4 is 0 Å². The maximum absolute atomic E-state index is 9.45. The minimum atomic E-state index is -0.245. The number of aliphatic hydroxyl groups is 1. The predicted octanol–water partition coefficient (Wildman–Crippen LogP) is 2.86. The van der Waals surface area contributed by atoms with Gasteiger partial charge in [0, 0.05) is 17.5 Å². The molecule has 17 heavy (non-hydrogen) atoms. The fourth-order valence-electron chi connectivity index (χ4n) is 2.36. The van der Waals surface area contributed by atoms with Crippen molar-refractivity contribution in [1.29, 1.82) is 0 Å². The second-order valence-electron chi connectivity index (χ2n) is 4.60. The minimum absolute atomic E-state index is 0.245. The molecule has 0 saturated carbocycles.